The third-order valence-corrected chi connectivity index (χ3v) is 2.75. The molecule has 0 aliphatic carbocycles. The summed E-state index contributed by atoms with van der Waals surface area (Å²) in [4.78, 5) is 0. The van der Waals surface area contributed by atoms with Gasteiger partial charge >= 0.3 is 0 Å². The number of hydrogen-bond donors (Lipinski definition) is 1. The summed E-state index contributed by atoms with van der Waals surface area (Å²) < 4.78 is 24.1. The van der Waals surface area contributed by atoms with E-state index in [4.69, 9.17) is 9.47 Å². The lowest BCUT2D eigenvalue weighted by molar-refractivity contribution is 0.0525. The minimum absolute atomic E-state index is 0.210. The van der Waals surface area contributed by atoms with Crippen LogP contribution in [-0.2, 0) is 11.3 Å². The molecule has 88 valence electrons. The van der Waals surface area contributed by atoms with E-state index < -0.39 is 0 Å². The van der Waals surface area contributed by atoms with E-state index in [9.17, 15) is 4.39 Å². The van der Waals surface area contributed by atoms with Crippen LogP contribution in [0.25, 0.3) is 0 Å². The van der Waals surface area contributed by atoms with Crippen molar-refractivity contribution >= 4 is 0 Å². The van der Waals surface area contributed by atoms with E-state index in [-0.39, 0.29) is 11.9 Å². The number of nitrogens with one attached hydrogen (secondary N) is 1. The molecule has 0 spiro atoms. The molecule has 1 unspecified atom stereocenters. The van der Waals surface area contributed by atoms with Crippen LogP contribution in [0, 0.1) is 5.82 Å². The van der Waals surface area contributed by atoms with Gasteiger partial charge in [0.05, 0.1) is 19.8 Å². The summed E-state index contributed by atoms with van der Waals surface area (Å²) in [6.45, 7) is 2.16. The van der Waals surface area contributed by atoms with Gasteiger partial charge in [0.1, 0.15) is 11.6 Å². The first-order valence-electron chi connectivity index (χ1n) is 5.44. The third-order valence-electron chi connectivity index (χ3n) is 2.75. The predicted octanol–water partition coefficient (Wildman–Crippen LogP) is 1.71. The summed E-state index contributed by atoms with van der Waals surface area (Å²) in [6.07, 6.45) is 1.21. The summed E-state index contributed by atoms with van der Waals surface area (Å²) in [5.74, 6) is 0.258. The molecule has 1 N–H and O–H groups in total. The molecule has 1 aromatic rings. The monoisotopic (exact) mass is 225 g/mol. The Morgan fingerprint density at radius 2 is 2.38 bits per heavy atom. The molecule has 1 saturated heterocycles. The van der Waals surface area contributed by atoms with Gasteiger partial charge in [0.25, 0.3) is 0 Å². The maximum atomic E-state index is 13.5. The molecule has 16 heavy (non-hydrogen) atoms. The molecule has 0 bridgehead atoms. The van der Waals surface area contributed by atoms with Crippen LogP contribution in [0.5, 0.6) is 5.75 Å². The topological polar surface area (TPSA) is 30.5 Å². The average molecular weight is 225 g/mol. The van der Waals surface area contributed by atoms with Gasteiger partial charge < -0.3 is 14.8 Å². The molecule has 1 aliphatic rings. The lowest BCUT2D eigenvalue weighted by Crippen LogP contribution is -2.16. The zero-order chi connectivity index (χ0) is 11.4. The molecular formula is C12H16FNO2. The SMILES string of the molecule is COc1ccc(COC2CCNC2)c(F)c1. The zero-order valence-electron chi connectivity index (χ0n) is 9.33. The Morgan fingerprint density at radius 1 is 1.50 bits per heavy atom. The van der Waals surface area contributed by atoms with Gasteiger partial charge in [-0.25, -0.2) is 4.39 Å². The normalized spacial score (nSPS) is 20.0. The van der Waals surface area contributed by atoms with Crippen LogP contribution in [0.3, 0.4) is 0 Å². The molecule has 0 aromatic heterocycles. The standard InChI is InChI=1S/C12H16FNO2/c1-15-10-3-2-9(12(13)6-10)8-16-11-4-5-14-7-11/h2-3,6,11,14H,4-5,7-8H2,1H3. The Bertz CT molecular complexity index is 351. The fourth-order valence-corrected chi connectivity index (χ4v) is 1.75. The fourth-order valence-electron chi connectivity index (χ4n) is 1.75. The Kier molecular flexibility index (Phi) is 3.74. The molecule has 0 radical (unpaired) electrons. The summed E-state index contributed by atoms with van der Waals surface area (Å²) in [6, 6.07) is 4.83. The number of rotatable bonds is 4. The van der Waals surface area contributed by atoms with E-state index in [1.165, 1.54) is 13.2 Å². The van der Waals surface area contributed by atoms with Crippen LogP contribution in [0.4, 0.5) is 4.39 Å². The van der Waals surface area contributed by atoms with Crippen molar-refractivity contribution in [2.75, 3.05) is 20.2 Å². The van der Waals surface area contributed by atoms with E-state index in [0.29, 0.717) is 17.9 Å². The fraction of sp³-hybridized carbons (Fsp3) is 0.500. The van der Waals surface area contributed by atoms with Crippen molar-refractivity contribution in [2.24, 2.45) is 0 Å². The lowest BCUT2D eigenvalue weighted by atomic mass is 10.2. The minimum atomic E-state index is -0.273. The highest BCUT2D eigenvalue weighted by Crippen LogP contribution is 2.18. The highest BCUT2D eigenvalue weighted by molar-refractivity contribution is 5.28. The number of hydrogen-bond acceptors (Lipinski definition) is 3. The van der Waals surface area contributed by atoms with Crippen molar-refractivity contribution in [1.29, 1.82) is 0 Å². The zero-order valence-corrected chi connectivity index (χ0v) is 9.33. The van der Waals surface area contributed by atoms with E-state index in [1.54, 1.807) is 12.1 Å². The largest absolute Gasteiger partial charge is 0.497 e. The van der Waals surface area contributed by atoms with Crippen LogP contribution >= 0.6 is 0 Å². The minimum Gasteiger partial charge on any atom is -0.497 e. The van der Waals surface area contributed by atoms with Crippen LogP contribution in [0.2, 0.25) is 0 Å². The molecule has 0 saturated carbocycles. The molecule has 4 heteroatoms. The first-order chi connectivity index (χ1) is 7.79. The highest BCUT2D eigenvalue weighted by atomic mass is 19.1. The number of ether oxygens (including phenoxy) is 2. The molecule has 0 amide bonds. The van der Waals surface area contributed by atoms with Gasteiger partial charge in [-0.3, -0.25) is 0 Å². The summed E-state index contributed by atoms with van der Waals surface area (Å²) >= 11 is 0. The first kappa shape index (κ1) is 11.4. The second kappa shape index (κ2) is 5.27. The highest BCUT2D eigenvalue weighted by Gasteiger charge is 2.15. The van der Waals surface area contributed by atoms with Crippen LogP contribution in [0.1, 0.15) is 12.0 Å². The number of methoxy groups -OCH3 is 1. The van der Waals surface area contributed by atoms with Gasteiger partial charge in [0, 0.05) is 18.2 Å². The smallest absolute Gasteiger partial charge is 0.132 e. The molecule has 1 atom stereocenters. The van der Waals surface area contributed by atoms with Gasteiger partial charge in [-0.15, -0.1) is 0 Å². The lowest BCUT2D eigenvalue weighted by Gasteiger charge is -2.11. The maximum Gasteiger partial charge on any atom is 0.132 e. The first-order valence-corrected chi connectivity index (χ1v) is 5.44. The second-order valence-corrected chi connectivity index (χ2v) is 3.88. The van der Waals surface area contributed by atoms with Gasteiger partial charge in [-0.05, 0) is 19.0 Å². The van der Waals surface area contributed by atoms with Crippen molar-refractivity contribution in [3.8, 4) is 5.75 Å². The predicted molar refractivity (Wildman–Crippen MR) is 59.0 cm³/mol. The van der Waals surface area contributed by atoms with Crippen molar-refractivity contribution < 1.29 is 13.9 Å². The van der Waals surface area contributed by atoms with Crippen LogP contribution in [0.15, 0.2) is 18.2 Å². The average Bonchev–Trinajstić information content (AvgIpc) is 2.80. The number of benzene rings is 1. The van der Waals surface area contributed by atoms with Crippen LogP contribution < -0.4 is 10.1 Å². The van der Waals surface area contributed by atoms with Crippen molar-refractivity contribution in [2.45, 2.75) is 19.1 Å². The van der Waals surface area contributed by atoms with Gasteiger partial charge in [-0.1, -0.05) is 6.07 Å². The molecular weight excluding hydrogens is 209 g/mol. The van der Waals surface area contributed by atoms with E-state index >= 15 is 0 Å². The number of halogens is 1. The second-order valence-electron chi connectivity index (χ2n) is 3.88. The maximum absolute atomic E-state index is 13.5. The Balaban J connectivity index is 1.93. The third kappa shape index (κ3) is 2.71. The Morgan fingerprint density at radius 3 is 3.00 bits per heavy atom. The molecule has 1 aliphatic heterocycles. The van der Waals surface area contributed by atoms with Gasteiger partial charge in [0.2, 0.25) is 0 Å². The Hall–Kier alpha value is -1.13. The molecule has 3 nitrogen and oxygen atoms in total. The van der Waals surface area contributed by atoms with Gasteiger partial charge in [-0.2, -0.15) is 0 Å². The molecule has 1 heterocycles. The summed E-state index contributed by atoms with van der Waals surface area (Å²) in [5, 5.41) is 3.20. The van der Waals surface area contributed by atoms with Crippen molar-refractivity contribution in [3.63, 3.8) is 0 Å². The van der Waals surface area contributed by atoms with E-state index in [1.807, 2.05) is 0 Å². The van der Waals surface area contributed by atoms with Crippen molar-refractivity contribution in [1.82, 2.24) is 5.32 Å². The molecule has 1 aromatic carbocycles. The van der Waals surface area contributed by atoms with Crippen molar-refractivity contribution in [3.05, 3.63) is 29.6 Å². The van der Waals surface area contributed by atoms with E-state index in [2.05, 4.69) is 5.32 Å². The Labute approximate surface area is 94.6 Å². The summed E-state index contributed by atoms with van der Waals surface area (Å²) in [5.41, 5.74) is 0.577. The quantitative estimate of drug-likeness (QED) is 0.846. The van der Waals surface area contributed by atoms with E-state index in [0.717, 1.165) is 19.5 Å². The molecule has 2 rings (SSSR count). The molecule has 1 fully saturated rings. The van der Waals surface area contributed by atoms with Gasteiger partial charge in [0.15, 0.2) is 0 Å². The van der Waals surface area contributed by atoms with Crippen LogP contribution in [-0.4, -0.2) is 26.3 Å². The summed E-state index contributed by atoms with van der Waals surface area (Å²) in [7, 11) is 1.52.